The first-order valence-corrected chi connectivity index (χ1v) is 6.60. The molecule has 2 N–H and O–H groups in total. The van der Waals surface area contributed by atoms with Crippen molar-refractivity contribution < 1.29 is 18.3 Å². The number of aromatic nitrogens is 1. The second-order valence-corrected chi connectivity index (χ2v) is 5.80. The van der Waals surface area contributed by atoms with Crippen LogP contribution in [-0.2, 0) is 21.9 Å². The summed E-state index contributed by atoms with van der Waals surface area (Å²) in [5.74, 6) is -1.51. The molecule has 0 saturated carbocycles. The van der Waals surface area contributed by atoms with E-state index in [4.69, 9.17) is 5.11 Å². The second kappa shape index (κ2) is 4.89. The largest absolute Gasteiger partial charge is 0.480 e. The van der Waals surface area contributed by atoms with Crippen LogP contribution in [0.5, 0.6) is 0 Å². The van der Waals surface area contributed by atoms with Crippen molar-refractivity contribution >= 4 is 16.0 Å². The van der Waals surface area contributed by atoms with Crippen LogP contribution in [0.15, 0.2) is 23.4 Å². The van der Waals surface area contributed by atoms with Gasteiger partial charge in [-0.05, 0) is 18.1 Å². The van der Waals surface area contributed by atoms with Gasteiger partial charge in [-0.25, -0.2) is 8.42 Å². The molecule has 0 amide bonds. The fourth-order valence-electron chi connectivity index (χ4n) is 1.42. The molecule has 7 heteroatoms. The minimum absolute atomic E-state index is 0.0457. The van der Waals surface area contributed by atoms with E-state index in [0.29, 0.717) is 0 Å². The number of nitrogens with zero attached hydrogens (tertiary/aromatic N) is 1. The maximum Gasteiger partial charge on any atom is 0.322 e. The third-order valence-corrected chi connectivity index (χ3v) is 3.93. The van der Waals surface area contributed by atoms with Gasteiger partial charge in [0.15, 0.2) is 0 Å². The predicted molar refractivity (Wildman–Crippen MR) is 62.0 cm³/mol. The monoisotopic (exact) mass is 260 g/mol. The molecule has 1 aromatic rings. The molecule has 0 spiro atoms. The summed E-state index contributed by atoms with van der Waals surface area (Å²) >= 11 is 0. The third-order valence-electron chi connectivity index (χ3n) is 2.39. The lowest BCUT2D eigenvalue weighted by Gasteiger charge is -2.18. The summed E-state index contributed by atoms with van der Waals surface area (Å²) in [5.41, 5.74) is 0. The van der Waals surface area contributed by atoms with Crippen LogP contribution in [0.4, 0.5) is 0 Å². The fourth-order valence-corrected chi connectivity index (χ4v) is 2.95. The minimum atomic E-state index is -3.80. The van der Waals surface area contributed by atoms with Gasteiger partial charge in [-0.1, -0.05) is 13.8 Å². The van der Waals surface area contributed by atoms with Gasteiger partial charge in [0.25, 0.3) is 10.0 Å². The summed E-state index contributed by atoms with van der Waals surface area (Å²) in [6.45, 7) is 3.29. The smallest absolute Gasteiger partial charge is 0.322 e. The van der Waals surface area contributed by atoms with Gasteiger partial charge in [-0.3, -0.25) is 4.79 Å². The molecular formula is C10H16N2O4S. The zero-order valence-electron chi connectivity index (χ0n) is 9.91. The molecule has 1 aromatic heterocycles. The molecule has 17 heavy (non-hydrogen) atoms. The lowest BCUT2D eigenvalue weighted by atomic mass is 10.1. The molecule has 1 rings (SSSR count). The second-order valence-electron chi connectivity index (χ2n) is 4.14. The van der Waals surface area contributed by atoms with Crippen molar-refractivity contribution in [1.29, 1.82) is 0 Å². The first-order chi connectivity index (χ1) is 7.75. The van der Waals surface area contributed by atoms with E-state index in [1.165, 1.54) is 10.6 Å². The van der Waals surface area contributed by atoms with Crippen molar-refractivity contribution in [2.75, 3.05) is 0 Å². The maximum absolute atomic E-state index is 11.9. The molecule has 0 aliphatic heterocycles. The average molecular weight is 260 g/mol. The molecule has 1 atom stereocenters. The molecule has 0 unspecified atom stereocenters. The van der Waals surface area contributed by atoms with Gasteiger partial charge < -0.3 is 9.67 Å². The summed E-state index contributed by atoms with van der Waals surface area (Å²) in [5, 5.41) is 8.99. The van der Waals surface area contributed by atoms with Gasteiger partial charge in [0, 0.05) is 13.2 Å². The van der Waals surface area contributed by atoms with Crippen LogP contribution in [-0.4, -0.2) is 30.1 Å². The Morgan fingerprint density at radius 3 is 2.41 bits per heavy atom. The molecule has 0 saturated heterocycles. The average Bonchev–Trinajstić information content (AvgIpc) is 2.60. The van der Waals surface area contributed by atoms with Crippen LogP contribution in [0.2, 0.25) is 0 Å². The van der Waals surface area contributed by atoms with E-state index in [0.717, 1.165) is 0 Å². The number of aryl methyl sites for hydroxylation is 1. The highest BCUT2D eigenvalue weighted by Gasteiger charge is 2.28. The van der Waals surface area contributed by atoms with Crippen LogP contribution in [0.1, 0.15) is 13.8 Å². The molecule has 0 radical (unpaired) electrons. The summed E-state index contributed by atoms with van der Waals surface area (Å²) in [6.07, 6.45) is 1.58. The molecule has 6 nitrogen and oxygen atoms in total. The Bertz CT molecular complexity index is 504. The zero-order chi connectivity index (χ0) is 13.2. The summed E-state index contributed by atoms with van der Waals surface area (Å²) in [7, 11) is -2.22. The van der Waals surface area contributed by atoms with Gasteiger partial charge in [-0.15, -0.1) is 0 Å². The van der Waals surface area contributed by atoms with Crippen molar-refractivity contribution in [1.82, 2.24) is 9.29 Å². The Kier molecular flexibility index (Phi) is 3.94. The summed E-state index contributed by atoms with van der Waals surface area (Å²) < 4.78 is 27.5. The lowest BCUT2D eigenvalue weighted by molar-refractivity contribution is -0.140. The van der Waals surface area contributed by atoms with Crippen molar-refractivity contribution in [2.24, 2.45) is 13.0 Å². The molecule has 0 fully saturated rings. The Hall–Kier alpha value is -1.34. The number of sulfonamides is 1. The van der Waals surface area contributed by atoms with E-state index in [-0.39, 0.29) is 10.9 Å². The Morgan fingerprint density at radius 2 is 2.06 bits per heavy atom. The first-order valence-electron chi connectivity index (χ1n) is 5.12. The SMILES string of the molecule is CC(C)[C@@H](NS(=O)(=O)c1cccn1C)C(=O)O. The van der Waals surface area contributed by atoms with Crippen LogP contribution in [0.3, 0.4) is 0 Å². The van der Waals surface area contributed by atoms with Crippen molar-refractivity contribution in [2.45, 2.75) is 24.9 Å². The molecule has 1 heterocycles. The number of carbonyl (C=O) groups is 1. The molecule has 0 aromatic carbocycles. The number of hydrogen-bond acceptors (Lipinski definition) is 3. The van der Waals surface area contributed by atoms with Crippen LogP contribution in [0, 0.1) is 5.92 Å². The Labute approximate surface area is 100 Å². The van der Waals surface area contributed by atoms with Crippen molar-refractivity contribution in [3.63, 3.8) is 0 Å². The first kappa shape index (κ1) is 13.7. The van der Waals surface area contributed by atoms with E-state index in [1.54, 1.807) is 33.2 Å². The topological polar surface area (TPSA) is 88.4 Å². The van der Waals surface area contributed by atoms with Crippen LogP contribution in [0.25, 0.3) is 0 Å². The molecule has 96 valence electrons. The molecule has 0 aliphatic carbocycles. The Morgan fingerprint density at radius 1 is 1.47 bits per heavy atom. The third kappa shape index (κ3) is 3.07. The number of rotatable bonds is 5. The Balaban J connectivity index is 3.01. The normalized spacial score (nSPS) is 13.9. The van der Waals surface area contributed by atoms with E-state index in [1.807, 2.05) is 0 Å². The standard InChI is InChI=1S/C10H16N2O4S/c1-7(2)9(10(13)14)11-17(15,16)8-5-4-6-12(8)3/h4-7,9,11H,1-3H3,(H,13,14)/t9-/m1/s1. The molecule has 0 bridgehead atoms. The number of carboxylic acids is 1. The highest BCUT2D eigenvalue weighted by Crippen LogP contribution is 2.11. The van der Waals surface area contributed by atoms with Gasteiger partial charge in [0.05, 0.1) is 0 Å². The van der Waals surface area contributed by atoms with Gasteiger partial charge >= 0.3 is 5.97 Å². The predicted octanol–water partition coefficient (Wildman–Crippen LogP) is 0.413. The van der Waals surface area contributed by atoms with Gasteiger partial charge in [-0.2, -0.15) is 4.72 Å². The molecular weight excluding hydrogens is 244 g/mol. The van der Waals surface area contributed by atoms with Crippen molar-refractivity contribution in [3.05, 3.63) is 18.3 Å². The quantitative estimate of drug-likeness (QED) is 0.802. The zero-order valence-corrected chi connectivity index (χ0v) is 10.7. The number of carboxylic acid groups (broad SMARTS) is 1. The highest BCUT2D eigenvalue weighted by atomic mass is 32.2. The van der Waals surface area contributed by atoms with E-state index < -0.39 is 22.0 Å². The summed E-state index contributed by atoms with van der Waals surface area (Å²) in [6, 6.07) is 1.87. The van der Waals surface area contributed by atoms with E-state index in [9.17, 15) is 13.2 Å². The van der Waals surface area contributed by atoms with E-state index in [2.05, 4.69) is 4.72 Å². The highest BCUT2D eigenvalue weighted by molar-refractivity contribution is 7.89. The number of nitrogens with one attached hydrogen (secondary N) is 1. The van der Waals surface area contributed by atoms with Crippen LogP contribution >= 0.6 is 0 Å². The maximum atomic E-state index is 11.9. The van der Waals surface area contributed by atoms with Crippen molar-refractivity contribution in [3.8, 4) is 0 Å². The fraction of sp³-hybridized carbons (Fsp3) is 0.500. The minimum Gasteiger partial charge on any atom is -0.480 e. The van der Waals surface area contributed by atoms with Gasteiger partial charge in [0.2, 0.25) is 0 Å². The van der Waals surface area contributed by atoms with E-state index >= 15 is 0 Å². The summed E-state index contributed by atoms with van der Waals surface area (Å²) in [4.78, 5) is 10.9. The van der Waals surface area contributed by atoms with Crippen LogP contribution < -0.4 is 4.72 Å². The number of aliphatic carboxylic acids is 1. The number of hydrogen-bond donors (Lipinski definition) is 2. The lowest BCUT2D eigenvalue weighted by Crippen LogP contribution is -2.44. The van der Waals surface area contributed by atoms with Gasteiger partial charge in [0.1, 0.15) is 11.1 Å². The molecule has 0 aliphatic rings.